The van der Waals surface area contributed by atoms with Gasteiger partial charge >= 0.3 is 0 Å². The van der Waals surface area contributed by atoms with E-state index in [1.807, 2.05) is 0 Å². The molecule has 0 aromatic carbocycles. The molecule has 0 aromatic rings. The lowest BCUT2D eigenvalue weighted by molar-refractivity contribution is 0.314. The van der Waals surface area contributed by atoms with E-state index in [0.29, 0.717) is 0 Å². The Morgan fingerprint density at radius 2 is 1.80 bits per heavy atom. The summed E-state index contributed by atoms with van der Waals surface area (Å²) in [6.45, 7) is 7.11. The molecule has 62 valence electrons. The molecule has 0 saturated heterocycles. The largest absolute Gasteiger partial charge is 0.0776 e. The van der Waals surface area contributed by atoms with Gasteiger partial charge in [-0.25, -0.2) is 0 Å². The first-order valence-corrected chi connectivity index (χ1v) is 4.22. The van der Waals surface area contributed by atoms with E-state index in [1.54, 1.807) is 0 Å². The molecule has 0 amide bonds. The van der Waals surface area contributed by atoms with Gasteiger partial charge in [0.15, 0.2) is 0 Å². The van der Waals surface area contributed by atoms with E-state index in [4.69, 9.17) is 0 Å². The molecule has 1 fully saturated rings. The van der Waals surface area contributed by atoms with Crippen LogP contribution in [0.15, 0.2) is 0 Å². The van der Waals surface area contributed by atoms with Crippen molar-refractivity contribution in [3.63, 3.8) is 0 Å². The van der Waals surface area contributed by atoms with Crippen molar-refractivity contribution in [1.29, 1.82) is 0 Å². The summed E-state index contributed by atoms with van der Waals surface area (Å²) in [5.74, 6) is 2.96. The first-order chi connectivity index (χ1) is 4.22. The quantitative estimate of drug-likeness (QED) is 0.523. The van der Waals surface area contributed by atoms with E-state index in [-0.39, 0.29) is 7.43 Å². The van der Waals surface area contributed by atoms with Crippen LogP contribution in [-0.2, 0) is 0 Å². The topological polar surface area (TPSA) is 0 Å². The van der Waals surface area contributed by atoms with Gasteiger partial charge in [-0.1, -0.05) is 41.0 Å². The van der Waals surface area contributed by atoms with Crippen LogP contribution in [-0.4, -0.2) is 0 Å². The van der Waals surface area contributed by atoms with E-state index in [0.717, 1.165) is 17.8 Å². The Balaban J connectivity index is 0.000000810. The summed E-state index contributed by atoms with van der Waals surface area (Å²) in [7, 11) is 0. The van der Waals surface area contributed by atoms with Crippen molar-refractivity contribution in [3.05, 3.63) is 0 Å². The van der Waals surface area contributed by atoms with Gasteiger partial charge in [0.05, 0.1) is 0 Å². The molecule has 0 heteroatoms. The van der Waals surface area contributed by atoms with Crippen molar-refractivity contribution in [3.8, 4) is 0 Å². The van der Waals surface area contributed by atoms with Crippen molar-refractivity contribution in [2.75, 3.05) is 0 Å². The van der Waals surface area contributed by atoms with Gasteiger partial charge < -0.3 is 0 Å². The second-order valence-corrected chi connectivity index (χ2v) is 3.82. The van der Waals surface area contributed by atoms with Gasteiger partial charge in [0.1, 0.15) is 0 Å². The fraction of sp³-hybridized carbons (Fsp3) is 1.00. The molecule has 1 aliphatic rings. The Hall–Kier alpha value is 0. The predicted octanol–water partition coefficient (Wildman–Crippen LogP) is 3.71. The van der Waals surface area contributed by atoms with Crippen LogP contribution < -0.4 is 0 Å². The minimum atomic E-state index is 0. The average molecular weight is 142 g/mol. The van der Waals surface area contributed by atoms with Gasteiger partial charge in [-0.05, 0) is 24.2 Å². The third-order valence-corrected chi connectivity index (χ3v) is 2.78. The van der Waals surface area contributed by atoms with Crippen molar-refractivity contribution in [1.82, 2.24) is 0 Å². The second-order valence-electron chi connectivity index (χ2n) is 3.82. The van der Waals surface area contributed by atoms with Gasteiger partial charge in [0.25, 0.3) is 0 Å². The highest BCUT2D eigenvalue weighted by atomic mass is 14.3. The molecule has 0 N–H and O–H groups in total. The molecule has 0 aliphatic heterocycles. The Bertz CT molecular complexity index is 84.0. The summed E-state index contributed by atoms with van der Waals surface area (Å²) in [6.07, 6.45) is 4.44. The van der Waals surface area contributed by atoms with Crippen LogP contribution in [0.25, 0.3) is 0 Å². The van der Waals surface area contributed by atoms with Crippen molar-refractivity contribution >= 4 is 0 Å². The molecule has 0 bridgehead atoms. The summed E-state index contributed by atoms with van der Waals surface area (Å²) < 4.78 is 0. The van der Waals surface area contributed by atoms with Crippen LogP contribution >= 0.6 is 0 Å². The smallest absolute Gasteiger partial charge is 0.0365 e. The maximum absolute atomic E-state index is 2.40. The zero-order valence-electron chi connectivity index (χ0n) is 6.85. The highest BCUT2D eigenvalue weighted by molar-refractivity contribution is 4.75. The molecule has 10 heavy (non-hydrogen) atoms. The molecule has 2 atom stereocenters. The molecular formula is C10H22. The minimum absolute atomic E-state index is 0. The highest BCUT2D eigenvalue weighted by Gasteiger charge is 2.25. The van der Waals surface area contributed by atoms with E-state index in [1.165, 1.54) is 19.3 Å². The first-order valence-electron chi connectivity index (χ1n) is 4.22. The zero-order valence-corrected chi connectivity index (χ0v) is 6.85. The van der Waals surface area contributed by atoms with E-state index >= 15 is 0 Å². The van der Waals surface area contributed by atoms with E-state index in [9.17, 15) is 0 Å². The SMILES string of the molecule is C.CC(C)C1CCCC1C. The maximum Gasteiger partial charge on any atom is -0.0365 e. The summed E-state index contributed by atoms with van der Waals surface area (Å²) >= 11 is 0. The average Bonchev–Trinajstić information content (AvgIpc) is 2.13. The first kappa shape index (κ1) is 10.0. The maximum atomic E-state index is 2.40. The van der Waals surface area contributed by atoms with Gasteiger partial charge in [-0.15, -0.1) is 0 Å². The molecule has 1 aliphatic carbocycles. The van der Waals surface area contributed by atoms with Gasteiger partial charge in [-0.3, -0.25) is 0 Å². The lowest BCUT2D eigenvalue weighted by atomic mass is 9.87. The molecule has 1 rings (SSSR count). The summed E-state index contributed by atoms with van der Waals surface area (Å²) in [5.41, 5.74) is 0. The Morgan fingerprint density at radius 1 is 1.20 bits per heavy atom. The van der Waals surface area contributed by atoms with Crippen LogP contribution in [0.5, 0.6) is 0 Å². The van der Waals surface area contributed by atoms with Gasteiger partial charge in [-0.2, -0.15) is 0 Å². The Kier molecular flexibility index (Phi) is 4.00. The van der Waals surface area contributed by atoms with E-state index < -0.39 is 0 Å². The van der Waals surface area contributed by atoms with Crippen LogP contribution in [0, 0.1) is 17.8 Å². The molecule has 0 spiro atoms. The summed E-state index contributed by atoms with van der Waals surface area (Å²) in [5, 5.41) is 0. The van der Waals surface area contributed by atoms with Crippen molar-refractivity contribution < 1.29 is 0 Å². The molecule has 0 radical (unpaired) electrons. The highest BCUT2D eigenvalue weighted by Crippen LogP contribution is 2.35. The van der Waals surface area contributed by atoms with Crippen molar-refractivity contribution in [2.24, 2.45) is 17.8 Å². The van der Waals surface area contributed by atoms with Gasteiger partial charge in [0, 0.05) is 0 Å². The molecule has 0 aromatic heterocycles. The molecule has 1 saturated carbocycles. The number of hydrogen-bond donors (Lipinski definition) is 0. The van der Waals surface area contributed by atoms with Crippen LogP contribution in [0.2, 0.25) is 0 Å². The summed E-state index contributed by atoms with van der Waals surface area (Å²) in [6, 6.07) is 0. The summed E-state index contributed by atoms with van der Waals surface area (Å²) in [4.78, 5) is 0. The predicted molar refractivity (Wildman–Crippen MR) is 48.1 cm³/mol. The Morgan fingerprint density at radius 3 is 2.00 bits per heavy atom. The third-order valence-electron chi connectivity index (χ3n) is 2.78. The number of hydrogen-bond acceptors (Lipinski definition) is 0. The monoisotopic (exact) mass is 142 g/mol. The van der Waals surface area contributed by atoms with Crippen molar-refractivity contribution in [2.45, 2.75) is 47.5 Å². The van der Waals surface area contributed by atoms with Crippen LogP contribution in [0.3, 0.4) is 0 Å². The standard InChI is InChI=1S/C9H18.CH4/c1-7(2)9-6-4-5-8(9)3;/h7-9H,4-6H2,1-3H3;1H4. The molecule has 0 nitrogen and oxygen atoms in total. The second kappa shape index (κ2) is 4.00. The molecule has 0 heterocycles. The lowest BCUT2D eigenvalue weighted by Gasteiger charge is -2.18. The van der Waals surface area contributed by atoms with Crippen LogP contribution in [0.4, 0.5) is 0 Å². The van der Waals surface area contributed by atoms with E-state index in [2.05, 4.69) is 20.8 Å². The zero-order chi connectivity index (χ0) is 6.85. The van der Waals surface area contributed by atoms with Crippen LogP contribution in [0.1, 0.15) is 47.5 Å². The molecule has 2 unspecified atom stereocenters. The van der Waals surface area contributed by atoms with Gasteiger partial charge in [0.2, 0.25) is 0 Å². The molecular weight excluding hydrogens is 120 g/mol. The number of rotatable bonds is 1. The fourth-order valence-electron chi connectivity index (χ4n) is 2.16. The lowest BCUT2D eigenvalue weighted by Crippen LogP contribution is -2.10. The Labute approximate surface area is 66.0 Å². The third kappa shape index (κ3) is 2.00. The minimum Gasteiger partial charge on any atom is -0.0776 e. The normalized spacial score (nSPS) is 32.4. The fourth-order valence-corrected chi connectivity index (χ4v) is 2.16.